The van der Waals surface area contributed by atoms with Gasteiger partial charge in [0.05, 0.1) is 11.5 Å². The molecule has 0 aliphatic heterocycles. The van der Waals surface area contributed by atoms with Crippen LogP contribution in [0, 0.1) is 56.7 Å². The molecule has 3 unspecified atom stereocenters. The van der Waals surface area contributed by atoms with E-state index in [1.807, 2.05) is 6.92 Å². The Kier molecular flexibility index (Phi) is 6.61. The van der Waals surface area contributed by atoms with E-state index in [1.54, 1.807) is 0 Å². The molecule has 4 rings (SSSR count). The number of fused-ring (bicyclic) bond motifs is 5. The lowest BCUT2D eigenvalue weighted by Gasteiger charge is -2.70. The Morgan fingerprint density at radius 3 is 2.06 bits per heavy atom. The fraction of sp³-hybridized carbons (Fsp3) is 0.968. The average molecular weight is 475 g/mol. The van der Waals surface area contributed by atoms with Crippen LogP contribution in [-0.4, -0.2) is 22.3 Å². The monoisotopic (exact) mass is 474 g/mol. The first-order chi connectivity index (χ1) is 15.6. The summed E-state index contributed by atoms with van der Waals surface area (Å²) in [5, 5.41) is 21.2. The minimum Gasteiger partial charge on any atom is -0.481 e. The van der Waals surface area contributed by atoms with Crippen molar-refractivity contribution in [2.24, 2.45) is 56.7 Å². The molecule has 0 heterocycles. The molecule has 0 aromatic carbocycles. The van der Waals surface area contributed by atoms with Gasteiger partial charge < -0.3 is 10.2 Å². The van der Waals surface area contributed by atoms with E-state index in [0.29, 0.717) is 29.6 Å². The highest BCUT2D eigenvalue weighted by Gasteiger charge is 2.66. The van der Waals surface area contributed by atoms with Crippen LogP contribution in [0.1, 0.15) is 126 Å². The molecule has 4 fully saturated rings. The number of rotatable bonds is 2. The molecule has 3 heteroatoms. The molecule has 2 N–H and O–H groups in total. The predicted octanol–water partition coefficient (Wildman–Crippen LogP) is 7.95. The molecule has 196 valence electrons. The van der Waals surface area contributed by atoms with E-state index in [1.165, 1.54) is 32.1 Å². The highest BCUT2D eigenvalue weighted by atomic mass is 16.4. The summed E-state index contributed by atoms with van der Waals surface area (Å²) in [6, 6.07) is 0. The molecule has 9 atom stereocenters. The number of hydrogen-bond donors (Lipinski definition) is 2. The first-order valence-electron chi connectivity index (χ1n) is 14.5. The van der Waals surface area contributed by atoms with Crippen LogP contribution in [0.2, 0.25) is 0 Å². The molecule has 3 nitrogen and oxygen atoms in total. The highest BCUT2D eigenvalue weighted by molar-refractivity contribution is 5.74. The Morgan fingerprint density at radius 1 is 0.765 bits per heavy atom. The van der Waals surface area contributed by atoms with Crippen LogP contribution in [0.3, 0.4) is 0 Å². The van der Waals surface area contributed by atoms with Crippen LogP contribution >= 0.6 is 0 Å². The van der Waals surface area contributed by atoms with E-state index >= 15 is 0 Å². The van der Waals surface area contributed by atoms with Crippen molar-refractivity contribution >= 4 is 5.97 Å². The molecule has 0 spiro atoms. The normalized spacial score (nSPS) is 51.3. The number of aliphatic carboxylic acids is 1. The minimum absolute atomic E-state index is 0.0187. The summed E-state index contributed by atoms with van der Waals surface area (Å²) in [7, 11) is 0. The molecular formula is C31H54O3. The second-order valence-corrected chi connectivity index (χ2v) is 15.3. The third-order valence-electron chi connectivity index (χ3n) is 13.3. The fourth-order valence-electron chi connectivity index (χ4n) is 10.4. The fourth-order valence-corrected chi connectivity index (χ4v) is 10.4. The van der Waals surface area contributed by atoms with Crippen LogP contribution in [0.25, 0.3) is 0 Å². The Balaban J connectivity index is 1.75. The van der Waals surface area contributed by atoms with Gasteiger partial charge in [-0.1, -0.05) is 48.5 Å². The summed E-state index contributed by atoms with van der Waals surface area (Å²) in [5.74, 6) is 2.58. The molecule has 0 bridgehead atoms. The Bertz CT molecular complexity index is 788. The van der Waals surface area contributed by atoms with Gasteiger partial charge in [0.25, 0.3) is 0 Å². The van der Waals surface area contributed by atoms with Gasteiger partial charge in [-0.25, -0.2) is 0 Å². The van der Waals surface area contributed by atoms with Crippen LogP contribution in [0.4, 0.5) is 0 Å². The zero-order chi connectivity index (χ0) is 25.3. The predicted molar refractivity (Wildman–Crippen MR) is 139 cm³/mol. The lowest BCUT2D eigenvalue weighted by Crippen LogP contribution is -2.64. The average Bonchev–Trinajstić information content (AvgIpc) is 2.80. The summed E-state index contributed by atoms with van der Waals surface area (Å²) in [5.41, 5.74) is 0.0697. The highest BCUT2D eigenvalue weighted by Crippen LogP contribution is 2.73. The van der Waals surface area contributed by atoms with Gasteiger partial charge in [0.2, 0.25) is 0 Å². The second-order valence-electron chi connectivity index (χ2n) is 15.3. The summed E-state index contributed by atoms with van der Waals surface area (Å²) >= 11 is 0. The molecule has 0 radical (unpaired) electrons. The molecular weight excluding hydrogens is 420 g/mol. The molecule has 4 aliphatic carbocycles. The van der Waals surface area contributed by atoms with Gasteiger partial charge in [0.1, 0.15) is 0 Å². The second kappa shape index (κ2) is 8.49. The van der Waals surface area contributed by atoms with Crippen molar-refractivity contribution in [2.45, 2.75) is 132 Å². The van der Waals surface area contributed by atoms with E-state index in [4.69, 9.17) is 0 Å². The summed E-state index contributed by atoms with van der Waals surface area (Å²) in [6.07, 6.45) is 12.0. The minimum atomic E-state index is -0.605. The number of carboxylic acids is 1. The maximum Gasteiger partial charge on any atom is 0.309 e. The van der Waals surface area contributed by atoms with Crippen LogP contribution in [0.5, 0.6) is 0 Å². The molecule has 34 heavy (non-hydrogen) atoms. The summed E-state index contributed by atoms with van der Waals surface area (Å²) < 4.78 is 0. The molecule has 4 aliphatic rings. The molecule has 4 saturated carbocycles. The first-order valence-corrected chi connectivity index (χ1v) is 14.5. The van der Waals surface area contributed by atoms with Crippen LogP contribution < -0.4 is 0 Å². The van der Waals surface area contributed by atoms with Crippen molar-refractivity contribution < 1.29 is 15.0 Å². The van der Waals surface area contributed by atoms with Crippen LogP contribution in [-0.2, 0) is 4.79 Å². The van der Waals surface area contributed by atoms with E-state index in [9.17, 15) is 15.0 Å². The molecule has 0 aromatic rings. The van der Waals surface area contributed by atoms with Gasteiger partial charge in [-0.15, -0.1) is 0 Å². The van der Waals surface area contributed by atoms with Gasteiger partial charge in [0.15, 0.2) is 0 Å². The number of hydrogen-bond acceptors (Lipinski definition) is 2. The van der Waals surface area contributed by atoms with Crippen molar-refractivity contribution in [3.05, 3.63) is 0 Å². The number of aliphatic hydroxyl groups excluding tert-OH is 1. The standard InChI is InChI=1S/C31H54O3/c1-20(2)21-11-14-28(5,26(33)34)17-18-30(7)22(19-21)9-10-24-29(6)15-13-25(32)27(3,4)23(29)12-16-31(24,30)8/h20-25,32H,9-19H2,1-8H3,(H,33,34)/t21-,22?,23?,24?,25+,28+,29+,30-,31-/m1/s1. The number of carboxylic acid groups (broad SMARTS) is 1. The Hall–Kier alpha value is -0.570. The lowest BCUT2D eigenvalue weighted by atomic mass is 9.34. The quantitative estimate of drug-likeness (QED) is 0.427. The smallest absolute Gasteiger partial charge is 0.309 e. The van der Waals surface area contributed by atoms with Gasteiger partial charge in [-0.3, -0.25) is 4.79 Å². The topological polar surface area (TPSA) is 57.5 Å². The maximum absolute atomic E-state index is 12.5. The number of carbonyl (C=O) groups is 1. The lowest BCUT2D eigenvalue weighted by molar-refractivity contribution is -0.228. The van der Waals surface area contributed by atoms with Crippen molar-refractivity contribution in [2.75, 3.05) is 0 Å². The van der Waals surface area contributed by atoms with Crippen molar-refractivity contribution in [3.63, 3.8) is 0 Å². The maximum atomic E-state index is 12.5. The Labute approximate surface area is 209 Å². The largest absolute Gasteiger partial charge is 0.481 e. The van der Waals surface area contributed by atoms with Gasteiger partial charge in [-0.05, 0) is 129 Å². The van der Waals surface area contributed by atoms with Gasteiger partial charge >= 0.3 is 5.97 Å². The number of aliphatic hydroxyl groups is 1. The molecule has 0 amide bonds. The van der Waals surface area contributed by atoms with E-state index < -0.39 is 11.4 Å². The van der Waals surface area contributed by atoms with E-state index in [0.717, 1.165) is 38.5 Å². The SMILES string of the molecule is CC(C)[C@@H]1CC[C@](C)(C(=O)O)CC[C@]2(C)C(CCC3[C@@]4(C)CC[C@H](O)C(C)(C)C4CC[C@]32C)C1. The van der Waals surface area contributed by atoms with Crippen LogP contribution in [0.15, 0.2) is 0 Å². The zero-order valence-electron chi connectivity index (χ0n) is 23.5. The van der Waals surface area contributed by atoms with Crippen molar-refractivity contribution in [1.29, 1.82) is 0 Å². The van der Waals surface area contributed by atoms with Crippen molar-refractivity contribution in [1.82, 2.24) is 0 Å². The van der Waals surface area contributed by atoms with Gasteiger partial charge in [0, 0.05) is 0 Å². The zero-order valence-corrected chi connectivity index (χ0v) is 23.5. The molecule has 0 saturated heterocycles. The third kappa shape index (κ3) is 3.72. The Morgan fingerprint density at radius 2 is 1.44 bits per heavy atom. The van der Waals surface area contributed by atoms with Gasteiger partial charge in [-0.2, -0.15) is 0 Å². The summed E-state index contributed by atoms with van der Waals surface area (Å²) in [6.45, 7) is 19.2. The van der Waals surface area contributed by atoms with E-state index in [-0.39, 0.29) is 27.8 Å². The third-order valence-corrected chi connectivity index (χ3v) is 13.3. The molecule has 0 aromatic heterocycles. The summed E-state index contributed by atoms with van der Waals surface area (Å²) in [4.78, 5) is 12.5. The first kappa shape index (κ1) is 26.5. The van der Waals surface area contributed by atoms with E-state index in [2.05, 4.69) is 48.5 Å². The van der Waals surface area contributed by atoms with Crippen molar-refractivity contribution in [3.8, 4) is 0 Å².